The fraction of sp³-hybridized carbons (Fsp3) is 0.680. The van der Waals surface area contributed by atoms with E-state index in [1.54, 1.807) is 11.3 Å². The first-order valence-corrected chi connectivity index (χ1v) is 15.4. The van der Waals surface area contributed by atoms with Crippen molar-refractivity contribution < 1.29 is 9.26 Å². The monoisotopic (exact) mass is 462 g/mol. The Morgan fingerprint density at radius 3 is 2.65 bits per heavy atom. The molecular weight excluding hydrogens is 420 g/mol. The van der Waals surface area contributed by atoms with Crippen LogP contribution in [0.3, 0.4) is 0 Å². The lowest BCUT2D eigenvalue weighted by Gasteiger charge is -2.40. The summed E-state index contributed by atoms with van der Waals surface area (Å²) in [6, 6.07) is 0. The summed E-state index contributed by atoms with van der Waals surface area (Å²) < 4.78 is 6.87. The van der Waals surface area contributed by atoms with E-state index in [2.05, 4.69) is 88.4 Å². The van der Waals surface area contributed by atoms with Crippen LogP contribution in [0.1, 0.15) is 77.9 Å². The second-order valence-electron chi connectivity index (χ2n) is 10.4. The van der Waals surface area contributed by atoms with Gasteiger partial charge >= 0.3 is 0 Å². The first-order valence-electron chi connectivity index (χ1n) is 11.6. The van der Waals surface area contributed by atoms with Crippen molar-refractivity contribution in [1.82, 2.24) is 4.98 Å². The van der Waals surface area contributed by atoms with E-state index in [1.807, 2.05) is 6.92 Å². The summed E-state index contributed by atoms with van der Waals surface area (Å²) >= 11 is 1.67. The van der Waals surface area contributed by atoms with Crippen molar-refractivity contribution in [3.63, 3.8) is 0 Å². The molecule has 1 aliphatic heterocycles. The Hall–Kier alpha value is -1.24. The Balaban J connectivity index is 2.08. The van der Waals surface area contributed by atoms with Gasteiger partial charge in [0.15, 0.2) is 14.4 Å². The average molecular weight is 463 g/mol. The van der Waals surface area contributed by atoms with Crippen LogP contribution >= 0.6 is 11.3 Å². The first-order chi connectivity index (χ1) is 14.4. The molecule has 0 spiro atoms. The molecule has 0 aliphatic carbocycles. The number of hydrogen-bond donors (Lipinski definition) is 0. The van der Waals surface area contributed by atoms with Gasteiger partial charge in [-0.3, -0.25) is 0 Å². The van der Waals surface area contributed by atoms with Crippen LogP contribution < -0.4 is 0 Å². The molecule has 1 aromatic rings. The van der Waals surface area contributed by atoms with Gasteiger partial charge in [0.25, 0.3) is 0 Å². The minimum atomic E-state index is -1.90. The Labute approximate surface area is 195 Å². The van der Waals surface area contributed by atoms with Gasteiger partial charge in [-0.05, 0) is 69.3 Å². The minimum absolute atomic E-state index is 0.0123. The molecule has 0 bridgehead atoms. The van der Waals surface area contributed by atoms with Crippen molar-refractivity contribution in [2.24, 2.45) is 11.1 Å². The van der Waals surface area contributed by atoms with Crippen LogP contribution in [0, 0.1) is 12.8 Å². The van der Waals surface area contributed by atoms with Crippen molar-refractivity contribution >= 4 is 31.4 Å². The zero-order chi connectivity index (χ0) is 23.2. The molecule has 6 heteroatoms. The molecule has 0 unspecified atom stereocenters. The van der Waals surface area contributed by atoms with Crippen LogP contribution in [-0.2, 0) is 9.26 Å². The number of hydrogen-bond acceptors (Lipinski definition) is 5. The zero-order valence-corrected chi connectivity index (χ0v) is 22.8. The van der Waals surface area contributed by atoms with E-state index in [9.17, 15) is 0 Å². The topological polar surface area (TPSA) is 43.7 Å². The average Bonchev–Trinajstić information content (AvgIpc) is 3.29. The van der Waals surface area contributed by atoms with E-state index >= 15 is 0 Å². The van der Waals surface area contributed by atoms with E-state index in [0.717, 1.165) is 41.2 Å². The maximum atomic E-state index is 6.87. The summed E-state index contributed by atoms with van der Waals surface area (Å²) in [7, 11) is -1.90. The molecule has 174 valence electrons. The lowest BCUT2D eigenvalue weighted by atomic mass is 9.97. The molecular formula is C25H42N2O2SSi. The number of nitrogens with zero attached hydrogens (tertiary/aromatic N) is 2. The van der Waals surface area contributed by atoms with Crippen LogP contribution in [0.15, 0.2) is 28.3 Å². The first kappa shape index (κ1) is 26.0. The second kappa shape index (κ2) is 11.1. The molecule has 0 amide bonds. The predicted octanol–water partition coefficient (Wildman–Crippen LogP) is 7.77. The number of thiazole rings is 1. The Bertz CT molecular complexity index is 805. The zero-order valence-electron chi connectivity index (χ0n) is 21.0. The highest BCUT2D eigenvalue weighted by Crippen LogP contribution is 2.39. The van der Waals surface area contributed by atoms with Crippen LogP contribution in [0.5, 0.6) is 0 Å². The van der Waals surface area contributed by atoms with E-state index in [-0.39, 0.29) is 17.2 Å². The molecule has 0 saturated heterocycles. The van der Waals surface area contributed by atoms with Gasteiger partial charge in [0.2, 0.25) is 0 Å². The van der Waals surface area contributed by atoms with Gasteiger partial charge in [0.1, 0.15) is 0 Å². The van der Waals surface area contributed by atoms with Crippen molar-refractivity contribution in [3.8, 4) is 0 Å². The van der Waals surface area contributed by atoms with Crippen molar-refractivity contribution in [1.29, 1.82) is 0 Å². The highest BCUT2D eigenvalue weighted by Gasteiger charge is 2.42. The molecule has 0 N–H and O–H groups in total. The summed E-state index contributed by atoms with van der Waals surface area (Å²) in [5, 5.41) is 7.79. The molecule has 3 atom stereocenters. The number of aromatic nitrogens is 1. The molecule has 31 heavy (non-hydrogen) atoms. The van der Waals surface area contributed by atoms with Gasteiger partial charge in [-0.15, -0.1) is 11.3 Å². The van der Waals surface area contributed by atoms with Crippen molar-refractivity contribution in [2.45, 2.75) is 104 Å². The maximum absolute atomic E-state index is 6.87. The van der Waals surface area contributed by atoms with Gasteiger partial charge in [0.05, 0.1) is 22.5 Å². The summed E-state index contributed by atoms with van der Waals surface area (Å²) in [5.74, 6) is 0.599. The standard InChI is InChI=1S/C25H42N2O2SSi/c1-10-12-18(2)13-11-14-23(29-31(8,9)25(5,6)7)24-16-22(27-28-24)19(3)15-21-17-30-20(4)26-21/h10,12,15,17-18,23-24H,11,13-14,16H2,1-9H3/b12-10-,19-15+/t18-,23-,24-/m1/s1. The summed E-state index contributed by atoms with van der Waals surface area (Å²) in [5.41, 5.74) is 3.14. The Morgan fingerprint density at radius 2 is 2.06 bits per heavy atom. The van der Waals surface area contributed by atoms with Gasteiger partial charge < -0.3 is 9.26 Å². The van der Waals surface area contributed by atoms with Crippen LogP contribution in [-0.4, -0.2) is 31.2 Å². The Kier molecular flexibility index (Phi) is 9.28. The largest absolute Gasteiger partial charge is 0.410 e. The third-order valence-electron chi connectivity index (χ3n) is 6.49. The molecule has 1 aromatic heterocycles. The van der Waals surface area contributed by atoms with Gasteiger partial charge in [-0.25, -0.2) is 4.98 Å². The molecule has 0 fully saturated rings. The molecule has 0 aromatic carbocycles. The van der Waals surface area contributed by atoms with E-state index in [1.165, 1.54) is 6.42 Å². The Morgan fingerprint density at radius 1 is 1.35 bits per heavy atom. The SMILES string of the molecule is C/C=C\[C@@H](C)CCC[C@@H](O[Si](C)(C)C(C)(C)C)[C@H]1CC(/C(C)=C/c2csc(C)n2)=NO1. The molecule has 4 nitrogen and oxygen atoms in total. The summed E-state index contributed by atoms with van der Waals surface area (Å²) in [6.07, 6.45) is 10.7. The lowest BCUT2D eigenvalue weighted by Crippen LogP contribution is -2.47. The maximum Gasteiger partial charge on any atom is 0.192 e. The highest BCUT2D eigenvalue weighted by molar-refractivity contribution is 7.09. The third kappa shape index (κ3) is 7.69. The highest BCUT2D eigenvalue weighted by atomic mass is 32.1. The quantitative estimate of drug-likeness (QED) is 0.263. The number of allylic oxidation sites excluding steroid dienone is 3. The van der Waals surface area contributed by atoms with Crippen molar-refractivity contribution in [2.75, 3.05) is 0 Å². The van der Waals surface area contributed by atoms with E-state index in [4.69, 9.17) is 9.26 Å². The van der Waals surface area contributed by atoms with E-state index < -0.39 is 8.32 Å². The normalized spacial score (nSPS) is 20.1. The van der Waals surface area contributed by atoms with Gasteiger partial charge in [0, 0.05) is 11.8 Å². The molecule has 2 heterocycles. The molecule has 0 radical (unpaired) electrons. The van der Waals surface area contributed by atoms with Crippen molar-refractivity contribution in [3.05, 3.63) is 33.8 Å². The fourth-order valence-corrected chi connectivity index (χ4v) is 5.47. The van der Waals surface area contributed by atoms with E-state index in [0.29, 0.717) is 5.92 Å². The van der Waals surface area contributed by atoms with Gasteiger partial charge in [-0.2, -0.15) is 0 Å². The summed E-state index contributed by atoms with van der Waals surface area (Å²) in [4.78, 5) is 10.5. The third-order valence-corrected chi connectivity index (χ3v) is 11.8. The fourth-order valence-electron chi connectivity index (χ4n) is 3.52. The van der Waals surface area contributed by atoms with Crippen LogP contribution in [0.4, 0.5) is 0 Å². The molecule has 2 rings (SSSR count). The number of aryl methyl sites for hydroxylation is 1. The van der Waals surface area contributed by atoms with Crippen LogP contribution in [0.25, 0.3) is 6.08 Å². The van der Waals surface area contributed by atoms with Crippen LogP contribution in [0.2, 0.25) is 18.1 Å². The smallest absolute Gasteiger partial charge is 0.192 e. The predicted molar refractivity (Wildman–Crippen MR) is 137 cm³/mol. The molecule has 0 saturated carbocycles. The second-order valence-corrected chi connectivity index (χ2v) is 16.2. The van der Waals surface area contributed by atoms with Gasteiger partial charge in [-0.1, -0.05) is 51.4 Å². The summed E-state index contributed by atoms with van der Waals surface area (Å²) in [6.45, 7) is 20.0. The lowest BCUT2D eigenvalue weighted by molar-refractivity contribution is -0.0151. The number of oxime groups is 1. The minimum Gasteiger partial charge on any atom is -0.410 e. The number of rotatable bonds is 10. The molecule has 1 aliphatic rings.